The van der Waals surface area contributed by atoms with Crippen molar-refractivity contribution in [2.75, 3.05) is 19.8 Å². The fourth-order valence-corrected chi connectivity index (χ4v) is 3.41. The Morgan fingerprint density at radius 3 is 2.58 bits per heavy atom. The van der Waals surface area contributed by atoms with Gasteiger partial charge in [-0.25, -0.2) is 9.18 Å². The van der Waals surface area contributed by atoms with Gasteiger partial charge in [0.15, 0.2) is 5.75 Å². The SMILES string of the molecule is O=C(O)Oc1cn(CCO)c2cc(OCCO)c(Cc3cccc(Cl)c3F)cc2c1=O. The van der Waals surface area contributed by atoms with Gasteiger partial charge in [-0.2, -0.15) is 0 Å². The monoisotopic (exact) mass is 451 g/mol. The van der Waals surface area contributed by atoms with Crippen LogP contribution in [0.5, 0.6) is 11.5 Å². The van der Waals surface area contributed by atoms with Crippen molar-refractivity contribution >= 4 is 28.7 Å². The lowest BCUT2D eigenvalue weighted by Crippen LogP contribution is -2.18. The van der Waals surface area contributed by atoms with Gasteiger partial charge in [0.05, 0.1) is 35.3 Å². The molecule has 0 bridgehead atoms. The minimum atomic E-state index is -1.66. The molecule has 0 amide bonds. The molecule has 0 saturated heterocycles. The number of fused-ring (bicyclic) bond motifs is 1. The lowest BCUT2D eigenvalue weighted by atomic mass is 10.0. The van der Waals surface area contributed by atoms with Gasteiger partial charge < -0.3 is 29.4 Å². The Morgan fingerprint density at radius 1 is 1.13 bits per heavy atom. The van der Waals surface area contributed by atoms with Crippen LogP contribution in [0.3, 0.4) is 0 Å². The molecule has 0 saturated carbocycles. The molecule has 1 aromatic heterocycles. The molecule has 0 unspecified atom stereocenters. The number of carbonyl (C=O) groups is 1. The molecule has 3 N–H and O–H groups in total. The topological polar surface area (TPSA) is 118 Å². The van der Waals surface area contributed by atoms with Crippen LogP contribution in [0.2, 0.25) is 5.02 Å². The van der Waals surface area contributed by atoms with Gasteiger partial charge in [-0.1, -0.05) is 23.7 Å². The molecule has 0 aliphatic carbocycles. The maximum atomic E-state index is 14.4. The van der Waals surface area contributed by atoms with Crippen LogP contribution in [0.4, 0.5) is 9.18 Å². The van der Waals surface area contributed by atoms with Crippen molar-refractivity contribution in [2.24, 2.45) is 0 Å². The van der Waals surface area contributed by atoms with Gasteiger partial charge in [0.2, 0.25) is 5.43 Å². The van der Waals surface area contributed by atoms with Crippen LogP contribution in [0, 0.1) is 5.82 Å². The summed E-state index contributed by atoms with van der Waals surface area (Å²) in [6.07, 6.45) is -0.454. The number of aromatic nitrogens is 1. The van der Waals surface area contributed by atoms with Crippen molar-refractivity contribution in [2.45, 2.75) is 13.0 Å². The van der Waals surface area contributed by atoms with E-state index in [1.165, 1.54) is 35.0 Å². The van der Waals surface area contributed by atoms with Gasteiger partial charge in [-0.05, 0) is 23.3 Å². The molecule has 10 heteroatoms. The molecule has 8 nitrogen and oxygen atoms in total. The van der Waals surface area contributed by atoms with Crippen LogP contribution in [0.25, 0.3) is 10.9 Å². The second-order valence-corrected chi connectivity index (χ2v) is 6.95. The number of aliphatic hydroxyl groups excluding tert-OH is 2. The number of rotatable bonds is 8. The first-order valence-corrected chi connectivity index (χ1v) is 9.61. The predicted octanol–water partition coefficient (Wildman–Crippen LogP) is 2.81. The van der Waals surface area contributed by atoms with E-state index in [1.807, 2.05) is 0 Å². The number of aliphatic hydroxyl groups is 2. The summed E-state index contributed by atoms with van der Waals surface area (Å²) in [5.74, 6) is -0.755. The van der Waals surface area contributed by atoms with Gasteiger partial charge in [0, 0.05) is 19.0 Å². The first-order chi connectivity index (χ1) is 14.8. The predicted molar refractivity (Wildman–Crippen MR) is 111 cm³/mol. The molecule has 3 aromatic rings. The smallest absolute Gasteiger partial charge is 0.491 e. The van der Waals surface area contributed by atoms with Gasteiger partial charge in [-0.3, -0.25) is 4.79 Å². The van der Waals surface area contributed by atoms with E-state index in [1.54, 1.807) is 6.07 Å². The molecule has 0 aliphatic rings. The Bertz CT molecular complexity index is 1180. The summed E-state index contributed by atoms with van der Waals surface area (Å²) in [4.78, 5) is 23.8. The highest BCUT2D eigenvalue weighted by Crippen LogP contribution is 2.30. The quantitative estimate of drug-likeness (QED) is 0.451. The fourth-order valence-electron chi connectivity index (χ4n) is 3.21. The number of halogens is 2. The first kappa shape index (κ1) is 22.5. The molecule has 0 aliphatic heterocycles. The summed E-state index contributed by atoms with van der Waals surface area (Å²) >= 11 is 5.86. The Kier molecular flexibility index (Phi) is 7.11. The van der Waals surface area contributed by atoms with Crippen LogP contribution in [0.1, 0.15) is 11.1 Å². The van der Waals surface area contributed by atoms with Crippen LogP contribution in [-0.4, -0.2) is 45.9 Å². The number of pyridine rings is 1. The maximum Gasteiger partial charge on any atom is 0.511 e. The molecular formula is C21H19ClFNO7. The van der Waals surface area contributed by atoms with E-state index in [0.717, 1.165) is 0 Å². The first-order valence-electron chi connectivity index (χ1n) is 9.24. The zero-order valence-electron chi connectivity index (χ0n) is 16.2. The lowest BCUT2D eigenvalue weighted by molar-refractivity contribution is 0.143. The summed E-state index contributed by atoms with van der Waals surface area (Å²) in [5, 5.41) is 27.5. The normalized spacial score (nSPS) is 11.0. The van der Waals surface area contributed by atoms with Crippen molar-refractivity contribution in [1.29, 1.82) is 0 Å². The van der Waals surface area contributed by atoms with E-state index in [9.17, 15) is 19.1 Å². The van der Waals surface area contributed by atoms with Crippen LogP contribution >= 0.6 is 11.6 Å². The zero-order valence-corrected chi connectivity index (χ0v) is 16.9. The van der Waals surface area contributed by atoms with Crippen LogP contribution < -0.4 is 14.9 Å². The number of hydrogen-bond donors (Lipinski definition) is 3. The number of benzene rings is 2. The average molecular weight is 452 g/mol. The molecule has 164 valence electrons. The van der Waals surface area contributed by atoms with Crippen LogP contribution in [0.15, 0.2) is 41.3 Å². The van der Waals surface area contributed by atoms with Crippen LogP contribution in [-0.2, 0) is 13.0 Å². The average Bonchev–Trinajstić information content (AvgIpc) is 2.73. The second kappa shape index (κ2) is 9.78. The Balaban J connectivity index is 2.23. The Morgan fingerprint density at radius 2 is 1.90 bits per heavy atom. The van der Waals surface area contributed by atoms with E-state index in [-0.39, 0.29) is 48.8 Å². The van der Waals surface area contributed by atoms with E-state index < -0.39 is 23.2 Å². The molecule has 31 heavy (non-hydrogen) atoms. The molecule has 1 heterocycles. The van der Waals surface area contributed by atoms with E-state index in [0.29, 0.717) is 16.8 Å². The molecule has 0 atom stereocenters. The third kappa shape index (κ3) is 4.96. The van der Waals surface area contributed by atoms with E-state index >= 15 is 0 Å². The van der Waals surface area contributed by atoms with Gasteiger partial charge in [-0.15, -0.1) is 0 Å². The third-order valence-electron chi connectivity index (χ3n) is 4.53. The number of nitrogens with zero attached hydrogens (tertiary/aromatic N) is 1. The van der Waals surface area contributed by atoms with Gasteiger partial charge in [0.1, 0.15) is 18.2 Å². The Labute approximate surface area is 180 Å². The standard InChI is InChI=1S/C21H19ClFNO7/c22-15-3-1-2-12(19(15)23)8-13-9-14-16(10-17(13)30-7-6-26)24(4-5-25)11-18(20(14)27)31-21(28)29/h1-3,9-11,25-26H,4-8H2,(H,28,29). The summed E-state index contributed by atoms with van der Waals surface area (Å²) in [7, 11) is 0. The highest BCUT2D eigenvalue weighted by atomic mass is 35.5. The molecule has 0 radical (unpaired) electrons. The highest BCUT2D eigenvalue weighted by molar-refractivity contribution is 6.30. The van der Waals surface area contributed by atoms with Crippen molar-refractivity contribution in [3.8, 4) is 11.5 Å². The summed E-state index contributed by atoms with van der Waals surface area (Å²) in [6.45, 7) is -0.542. The summed E-state index contributed by atoms with van der Waals surface area (Å²) in [6, 6.07) is 7.50. The second-order valence-electron chi connectivity index (χ2n) is 6.55. The lowest BCUT2D eigenvalue weighted by Gasteiger charge is -2.17. The molecule has 2 aromatic carbocycles. The highest BCUT2D eigenvalue weighted by Gasteiger charge is 2.18. The molecule has 0 fully saturated rings. The van der Waals surface area contributed by atoms with E-state index in [2.05, 4.69) is 4.74 Å². The van der Waals surface area contributed by atoms with E-state index in [4.69, 9.17) is 26.6 Å². The van der Waals surface area contributed by atoms with Crippen molar-refractivity contribution in [3.05, 3.63) is 68.7 Å². The number of ether oxygens (including phenoxy) is 2. The summed E-state index contributed by atoms with van der Waals surface area (Å²) < 4.78 is 26.1. The zero-order chi connectivity index (χ0) is 22.5. The van der Waals surface area contributed by atoms with Crippen molar-refractivity contribution in [1.82, 2.24) is 4.57 Å². The van der Waals surface area contributed by atoms with Crippen molar-refractivity contribution < 1.29 is 34.0 Å². The van der Waals surface area contributed by atoms with Gasteiger partial charge >= 0.3 is 6.16 Å². The van der Waals surface area contributed by atoms with Gasteiger partial charge in [0.25, 0.3) is 0 Å². The minimum absolute atomic E-state index is 0.0204. The summed E-state index contributed by atoms with van der Waals surface area (Å²) in [5.41, 5.74) is 0.338. The Hall–Kier alpha value is -3.14. The largest absolute Gasteiger partial charge is 0.511 e. The molecule has 3 rings (SSSR count). The number of carboxylic acid groups (broad SMARTS) is 1. The molecule has 0 spiro atoms. The fraction of sp³-hybridized carbons (Fsp3) is 0.238. The molecular weight excluding hydrogens is 433 g/mol. The number of hydrogen-bond acceptors (Lipinski definition) is 6. The van der Waals surface area contributed by atoms with Crippen molar-refractivity contribution in [3.63, 3.8) is 0 Å². The minimum Gasteiger partial charge on any atom is -0.491 e. The maximum absolute atomic E-state index is 14.4. The third-order valence-corrected chi connectivity index (χ3v) is 4.82.